The lowest BCUT2D eigenvalue weighted by Crippen LogP contribution is -1.93. The Morgan fingerprint density at radius 1 is 1.15 bits per heavy atom. The van der Waals surface area contributed by atoms with E-state index in [2.05, 4.69) is 10.2 Å². The Hall–Kier alpha value is -2.76. The van der Waals surface area contributed by atoms with Crippen LogP contribution in [0.5, 0.6) is 17.2 Å². The van der Waals surface area contributed by atoms with Gasteiger partial charge in [0, 0.05) is 12.1 Å². The van der Waals surface area contributed by atoms with Crippen molar-refractivity contribution in [2.45, 2.75) is 0 Å². The van der Waals surface area contributed by atoms with Crippen LogP contribution in [0.25, 0.3) is 0 Å². The lowest BCUT2D eigenvalue weighted by Gasteiger charge is -2.08. The van der Waals surface area contributed by atoms with Crippen LogP contribution < -0.4 is 9.47 Å². The Labute approximate surface area is 116 Å². The Morgan fingerprint density at radius 2 is 1.95 bits per heavy atom. The van der Waals surface area contributed by atoms with Crippen LogP contribution in [0.3, 0.4) is 0 Å². The molecule has 0 aliphatic carbocycles. The number of nitrogens with zero attached hydrogens (tertiary/aromatic N) is 2. The number of hydrogen-bond donors (Lipinski definition) is 1. The highest BCUT2D eigenvalue weighted by molar-refractivity contribution is 5.88. The van der Waals surface area contributed by atoms with Gasteiger partial charge < -0.3 is 19.0 Å². The third kappa shape index (κ3) is 3.17. The molecule has 0 bridgehead atoms. The first-order valence-corrected chi connectivity index (χ1v) is 5.79. The molecule has 0 spiro atoms. The Kier molecular flexibility index (Phi) is 4.39. The van der Waals surface area contributed by atoms with E-state index in [-0.39, 0.29) is 5.75 Å². The minimum Gasteiger partial charge on any atom is -0.507 e. The molecule has 0 radical (unpaired) electrons. The van der Waals surface area contributed by atoms with Crippen molar-refractivity contribution in [1.29, 1.82) is 0 Å². The first-order valence-electron chi connectivity index (χ1n) is 5.79. The molecule has 0 aliphatic rings. The van der Waals surface area contributed by atoms with Gasteiger partial charge in [0.25, 0.3) is 0 Å². The van der Waals surface area contributed by atoms with E-state index in [0.717, 1.165) is 0 Å². The fourth-order valence-electron chi connectivity index (χ4n) is 1.55. The molecule has 0 saturated heterocycles. The second-order valence-electron chi connectivity index (χ2n) is 3.77. The minimum absolute atomic E-state index is 0.00171. The van der Waals surface area contributed by atoms with E-state index in [9.17, 15) is 5.11 Å². The Bertz CT molecular complexity index is 618. The van der Waals surface area contributed by atoms with Crippen molar-refractivity contribution in [3.8, 4) is 17.2 Å². The SMILES string of the molecule is COc1cc(O)c(C=NN=Cc2ccco2)c(OC)c1. The molecule has 2 rings (SSSR count). The molecule has 1 aromatic carbocycles. The summed E-state index contributed by atoms with van der Waals surface area (Å²) in [5, 5.41) is 17.6. The summed E-state index contributed by atoms with van der Waals surface area (Å²) in [5.74, 6) is 1.53. The van der Waals surface area contributed by atoms with E-state index >= 15 is 0 Å². The smallest absolute Gasteiger partial charge is 0.146 e. The molecule has 1 N–H and O–H groups in total. The maximum absolute atomic E-state index is 9.90. The van der Waals surface area contributed by atoms with Gasteiger partial charge in [-0.25, -0.2) is 0 Å². The summed E-state index contributed by atoms with van der Waals surface area (Å²) in [6, 6.07) is 6.63. The van der Waals surface area contributed by atoms with Crippen molar-refractivity contribution < 1.29 is 19.0 Å². The van der Waals surface area contributed by atoms with Crippen LogP contribution in [0.15, 0.2) is 45.1 Å². The molecular formula is C14H14N2O4. The zero-order valence-electron chi connectivity index (χ0n) is 11.1. The fourth-order valence-corrected chi connectivity index (χ4v) is 1.55. The van der Waals surface area contributed by atoms with Crippen LogP contribution in [0.2, 0.25) is 0 Å². The van der Waals surface area contributed by atoms with Crippen LogP contribution in [-0.2, 0) is 0 Å². The predicted molar refractivity (Wildman–Crippen MR) is 75.1 cm³/mol. The third-order valence-corrected chi connectivity index (χ3v) is 2.53. The molecule has 1 aromatic heterocycles. The standard InChI is InChI=1S/C14H14N2O4/c1-18-11-6-13(17)12(14(7-11)19-2)9-16-15-8-10-4-3-5-20-10/h3-9,17H,1-2H3. The average molecular weight is 274 g/mol. The van der Waals surface area contributed by atoms with Crippen molar-refractivity contribution in [3.05, 3.63) is 41.9 Å². The lowest BCUT2D eigenvalue weighted by molar-refractivity contribution is 0.384. The second kappa shape index (κ2) is 6.42. The topological polar surface area (TPSA) is 76.5 Å². The summed E-state index contributed by atoms with van der Waals surface area (Å²) in [6.45, 7) is 0. The van der Waals surface area contributed by atoms with Gasteiger partial charge in [0.1, 0.15) is 23.0 Å². The molecule has 6 heteroatoms. The van der Waals surface area contributed by atoms with Crippen molar-refractivity contribution in [2.75, 3.05) is 14.2 Å². The summed E-state index contributed by atoms with van der Waals surface area (Å²) in [4.78, 5) is 0. The van der Waals surface area contributed by atoms with Gasteiger partial charge in [0.2, 0.25) is 0 Å². The van der Waals surface area contributed by atoms with Crippen molar-refractivity contribution in [3.63, 3.8) is 0 Å². The van der Waals surface area contributed by atoms with Crippen LogP contribution in [0.1, 0.15) is 11.3 Å². The largest absolute Gasteiger partial charge is 0.507 e. The average Bonchev–Trinajstić information content (AvgIpc) is 2.97. The first kappa shape index (κ1) is 13.7. The molecule has 0 saturated carbocycles. The van der Waals surface area contributed by atoms with Gasteiger partial charge in [-0.1, -0.05) is 0 Å². The van der Waals surface area contributed by atoms with Gasteiger partial charge in [-0.2, -0.15) is 10.2 Å². The molecule has 0 unspecified atom stereocenters. The molecule has 6 nitrogen and oxygen atoms in total. The van der Waals surface area contributed by atoms with Crippen molar-refractivity contribution in [2.24, 2.45) is 10.2 Å². The van der Waals surface area contributed by atoms with Gasteiger partial charge >= 0.3 is 0 Å². The van der Waals surface area contributed by atoms with Crippen molar-refractivity contribution >= 4 is 12.4 Å². The van der Waals surface area contributed by atoms with Crippen LogP contribution in [0.4, 0.5) is 0 Å². The predicted octanol–water partition coefficient (Wildman–Crippen LogP) is 2.46. The Morgan fingerprint density at radius 3 is 2.60 bits per heavy atom. The molecule has 2 aromatic rings. The van der Waals surface area contributed by atoms with Crippen LogP contribution >= 0.6 is 0 Å². The quantitative estimate of drug-likeness (QED) is 0.671. The highest BCUT2D eigenvalue weighted by Crippen LogP contribution is 2.31. The lowest BCUT2D eigenvalue weighted by atomic mass is 10.2. The summed E-state index contributed by atoms with van der Waals surface area (Å²) < 4.78 is 15.3. The van der Waals surface area contributed by atoms with E-state index < -0.39 is 0 Å². The van der Waals surface area contributed by atoms with E-state index in [0.29, 0.717) is 22.8 Å². The maximum Gasteiger partial charge on any atom is 0.146 e. The monoisotopic (exact) mass is 274 g/mol. The number of furan rings is 1. The van der Waals surface area contributed by atoms with Gasteiger partial charge in [-0.3, -0.25) is 0 Å². The molecule has 0 aliphatic heterocycles. The summed E-state index contributed by atoms with van der Waals surface area (Å²) in [5.41, 5.74) is 0.421. The van der Waals surface area contributed by atoms with Gasteiger partial charge in [0.15, 0.2) is 0 Å². The summed E-state index contributed by atoms with van der Waals surface area (Å²) in [7, 11) is 3.01. The van der Waals surface area contributed by atoms with Crippen molar-refractivity contribution in [1.82, 2.24) is 0 Å². The summed E-state index contributed by atoms with van der Waals surface area (Å²) in [6.07, 6.45) is 4.40. The maximum atomic E-state index is 9.90. The number of benzene rings is 1. The zero-order valence-corrected chi connectivity index (χ0v) is 11.1. The molecule has 0 fully saturated rings. The summed E-state index contributed by atoms with van der Waals surface area (Å²) >= 11 is 0. The Balaban J connectivity index is 2.20. The number of hydrogen-bond acceptors (Lipinski definition) is 6. The molecule has 1 heterocycles. The van der Waals surface area contributed by atoms with E-state index in [4.69, 9.17) is 13.9 Å². The molecule has 0 atom stereocenters. The number of rotatable bonds is 5. The highest BCUT2D eigenvalue weighted by atomic mass is 16.5. The first-order chi connectivity index (χ1) is 9.74. The molecule has 20 heavy (non-hydrogen) atoms. The molecule has 104 valence electrons. The van der Waals surface area contributed by atoms with Gasteiger partial charge in [-0.05, 0) is 12.1 Å². The zero-order chi connectivity index (χ0) is 14.4. The second-order valence-corrected chi connectivity index (χ2v) is 3.77. The fraction of sp³-hybridized carbons (Fsp3) is 0.143. The minimum atomic E-state index is -0.00171. The number of methoxy groups -OCH3 is 2. The normalized spacial score (nSPS) is 11.3. The molecule has 0 amide bonds. The third-order valence-electron chi connectivity index (χ3n) is 2.53. The van der Waals surface area contributed by atoms with E-state index in [1.165, 1.54) is 32.7 Å². The number of aromatic hydroxyl groups is 1. The van der Waals surface area contributed by atoms with Crippen LogP contribution in [-0.4, -0.2) is 31.8 Å². The highest BCUT2D eigenvalue weighted by Gasteiger charge is 2.09. The van der Waals surface area contributed by atoms with Gasteiger partial charge in [0.05, 0.1) is 38.5 Å². The number of phenolic OH excluding ortho intramolecular Hbond substituents is 1. The van der Waals surface area contributed by atoms with E-state index in [1.807, 2.05) is 0 Å². The molecular weight excluding hydrogens is 260 g/mol. The number of ether oxygens (including phenoxy) is 2. The van der Waals surface area contributed by atoms with Gasteiger partial charge in [-0.15, -0.1) is 0 Å². The van der Waals surface area contributed by atoms with Crippen LogP contribution in [0, 0.1) is 0 Å². The van der Waals surface area contributed by atoms with E-state index in [1.54, 1.807) is 24.5 Å². The number of phenols is 1.